The van der Waals surface area contributed by atoms with Gasteiger partial charge in [0.25, 0.3) is 0 Å². The first-order valence-electron chi connectivity index (χ1n) is 8.45. The second-order valence-electron chi connectivity index (χ2n) is 5.99. The summed E-state index contributed by atoms with van der Waals surface area (Å²) >= 11 is 6.70. The summed E-state index contributed by atoms with van der Waals surface area (Å²) in [6.45, 7) is 0. The summed E-state index contributed by atoms with van der Waals surface area (Å²) in [4.78, 5) is 34.7. The third kappa shape index (κ3) is 7.60. The van der Waals surface area contributed by atoms with Crippen molar-refractivity contribution in [1.29, 1.82) is 0 Å². The van der Waals surface area contributed by atoms with Gasteiger partial charge in [-0.05, 0) is 42.5 Å². The van der Waals surface area contributed by atoms with Crippen molar-refractivity contribution in [3.05, 3.63) is 53.1 Å². The van der Waals surface area contributed by atoms with Crippen LogP contribution in [0, 0.1) is 0 Å². The maximum Gasteiger partial charge on any atom is 0.418 e. The molecule has 0 aliphatic rings. The Morgan fingerprint density at radius 1 is 0.967 bits per heavy atom. The summed E-state index contributed by atoms with van der Waals surface area (Å²) in [5, 5.41) is 13.2. The summed E-state index contributed by atoms with van der Waals surface area (Å²) < 4.78 is 39.2. The molecule has 0 bridgehead atoms. The van der Waals surface area contributed by atoms with Gasteiger partial charge in [-0.25, -0.2) is 0 Å². The molecular weight excluding hydrogens is 445 g/mol. The van der Waals surface area contributed by atoms with Crippen molar-refractivity contribution in [2.75, 3.05) is 16.4 Å². The minimum atomic E-state index is -4.66. The molecule has 160 valence electrons. The van der Waals surface area contributed by atoms with Crippen LogP contribution >= 0.6 is 23.4 Å². The van der Waals surface area contributed by atoms with E-state index in [-0.39, 0.29) is 29.3 Å². The zero-order chi connectivity index (χ0) is 22.3. The third-order valence-corrected chi connectivity index (χ3v) is 4.88. The number of carbonyl (C=O) groups excluding carboxylic acids is 2. The van der Waals surface area contributed by atoms with Crippen LogP contribution in [0.2, 0.25) is 5.02 Å². The van der Waals surface area contributed by atoms with Gasteiger partial charge in [-0.3, -0.25) is 14.4 Å². The highest BCUT2D eigenvalue weighted by Crippen LogP contribution is 2.36. The van der Waals surface area contributed by atoms with Crippen LogP contribution in [0.5, 0.6) is 0 Å². The van der Waals surface area contributed by atoms with E-state index >= 15 is 0 Å². The number of rotatable bonds is 8. The van der Waals surface area contributed by atoms with E-state index in [0.717, 1.165) is 23.9 Å². The van der Waals surface area contributed by atoms with Crippen molar-refractivity contribution in [3.8, 4) is 0 Å². The fourth-order valence-corrected chi connectivity index (χ4v) is 3.14. The summed E-state index contributed by atoms with van der Waals surface area (Å²) in [7, 11) is 0. The second-order valence-corrected chi connectivity index (χ2v) is 7.48. The Morgan fingerprint density at radius 2 is 1.63 bits per heavy atom. The molecular formula is C19H16ClF3N2O4S. The molecule has 0 atom stereocenters. The van der Waals surface area contributed by atoms with Crippen molar-refractivity contribution in [3.63, 3.8) is 0 Å². The Morgan fingerprint density at radius 3 is 2.23 bits per heavy atom. The van der Waals surface area contributed by atoms with Crippen LogP contribution in [-0.4, -0.2) is 28.6 Å². The first-order valence-corrected chi connectivity index (χ1v) is 9.82. The number of anilines is 2. The van der Waals surface area contributed by atoms with Crippen LogP contribution < -0.4 is 10.6 Å². The number of thioether (sulfide) groups is 1. The molecule has 0 fully saturated rings. The predicted molar refractivity (Wildman–Crippen MR) is 108 cm³/mol. The van der Waals surface area contributed by atoms with Gasteiger partial charge in [0.15, 0.2) is 0 Å². The van der Waals surface area contributed by atoms with Crippen LogP contribution in [0.4, 0.5) is 24.5 Å². The van der Waals surface area contributed by atoms with Gasteiger partial charge in [0.05, 0.1) is 23.4 Å². The lowest BCUT2D eigenvalue weighted by atomic mass is 10.1. The lowest BCUT2D eigenvalue weighted by Crippen LogP contribution is -2.18. The molecule has 0 spiro atoms. The van der Waals surface area contributed by atoms with Crippen molar-refractivity contribution in [2.45, 2.75) is 23.9 Å². The number of alkyl halides is 3. The number of carboxylic acid groups (broad SMARTS) is 1. The highest BCUT2D eigenvalue weighted by atomic mass is 35.5. The fraction of sp³-hybridized carbons (Fsp3) is 0.211. The molecule has 0 saturated carbocycles. The number of hydrogen-bond acceptors (Lipinski definition) is 4. The number of amides is 2. The van der Waals surface area contributed by atoms with Gasteiger partial charge in [0, 0.05) is 22.0 Å². The molecule has 0 radical (unpaired) electrons. The predicted octanol–water partition coefficient (Wildman–Crippen LogP) is 4.89. The van der Waals surface area contributed by atoms with Crippen LogP contribution in [0.25, 0.3) is 0 Å². The maximum absolute atomic E-state index is 13.1. The summed E-state index contributed by atoms with van der Waals surface area (Å²) in [5.74, 6) is -2.28. The average Bonchev–Trinajstić information content (AvgIpc) is 2.66. The Balaban J connectivity index is 1.90. The smallest absolute Gasteiger partial charge is 0.418 e. The monoisotopic (exact) mass is 460 g/mol. The van der Waals surface area contributed by atoms with E-state index in [2.05, 4.69) is 10.6 Å². The summed E-state index contributed by atoms with van der Waals surface area (Å²) in [6.07, 6.45) is -5.10. The van der Waals surface area contributed by atoms with E-state index in [1.165, 1.54) is 6.07 Å². The zero-order valence-corrected chi connectivity index (χ0v) is 16.8. The molecule has 6 nitrogen and oxygen atoms in total. The topological polar surface area (TPSA) is 95.5 Å². The molecule has 11 heteroatoms. The van der Waals surface area contributed by atoms with Crippen molar-refractivity contribution in [1.82, 2.24) is 0 Å². The number of aliphatic carboxylic acids is 1. The van der Waals surface area contributed by atoms with Gasteiger partial charge in [0.2, 0.25) is 11.8 Å². The first kappa shape index (κ1) is 23.6. The highest BCUT2D eigenvalue weighted by molar-refractivity contribution is 8.00. The summed E-state index contributed by atoms with van der Waals surface area (Å²) in [5.41, 5.74) is -0.955. The van der Waals surface area contributed by atoms with Crippen LogP contribution in [0.1, 0.15) is 18.4 Å². The zero-order valence-electron chi connectivity index (χ0n) is 15.3. The number of carboxylic acids is 1. The van der Waals surface area contributed by atoms with E-state index in [1.54, 1.807) is 24.3 Å². The van der Waals surface area contributed by atoms with Crippen LogP contribution in [0.3, 0.4) is 0 Å². The molecule has 2 rings (SSSR count). The molecule has 2 aromatic carbocycles. The Bertz CT molecular complexity index is 936. The van der Waals surface area contributed by atoms with Gasteiger partial charge in [-0.15, -0.1) is 11.8 Å². The molecule has 0 aromatic heterocycles. The van der Waals surface area contributed by atoms with Crippen molar-refractivity contribution >= 4 is 52.5 Å². The highest BCUT2D eigenvalue weighted by Gasteiger charge is 2.34. The largest absolute Gasteiger partial charge is 0.481 e. The Kier molecular flexibility index (Phi) is 8.13. The number of benzene rings is 2. The van der Waals surface area contributed by atoms with Gasteiger partial charge < -0.3 is 15.7 Å². The van der Waals surface area contributed by atoms with Gasteiger partial charge in [0.1, 0.15) is 0 Å². The maximum atomic E-state index is 13.1. The van der Waals surface area contributed by atoms with E-state index in [9.17, 15) is 27.6 Å². The van der Waals surface area contributed by atoms with E-state index < -0.39 is 29.5 Å². The lowest BCUT2D eigenvalue weighted by Gasteiger charge is -2.14. The summed E-state index contributed by atoms with van der Waals surface area (Å²) in [6, 6.07) is 9.47. The molecule has 0 saturated heterocycles. The quantitative estimate of drug-likeness (QED) is 0.487. The molecule has 0 unspecified atom stereocenters. The van der Waals surface area contributed by atoms with Gasteiger partial charge in [-0.1, -0.05) is 11.6 Å². The third-order valence-electron chi connectivity index (χ3n) is 3.64. The normalized spacial score (nSPS) is 11.1. The fourth-order valence-electron chi connectivity index (χ4n) is 2.27. The Hall–Kier alpha value is -2.72. The number of halogens is 4. The minimum absolute atomic E-state index is 0.0927. The molecule has 0 heterocycles. The lowest BCUT2D eigenvalue weighted by molar-refractivity contribution is -0.138. The second kappa shape index (κ2) is 10.4. The molecule has 30 heavy (non-hydrogen) atoms. The average molecular weight is 461 g/mol. The van der Waals surface area contributed by atoms with E-state index in [1.807, 2.05) is 0 Å². The van der Waals surface area contributed by atoms with Crippen molar-refractivity contribution in [2.24, 2.45) is 0 Å². The number of nitrogens with one attached hydrogen (secondary N) is 2. The number of hydrogen-bond donors (Lipinski definition) is 3. The van der Waals surface area contributed by atoms with Gasteiger partial charge in [-0.2, -0.15) is 13.2 Å². The molecule has 2 aromatic rings. The molecule has 3 N–H and O–H groups in total. The molecule has 2 amide bonds. The standard InChI is InChI=1S/C19H16ClF3N2O4S/c20-11-1-6-15(14(9-11)19(21,22)23)25-17(27)10-30-13-4-2-12(3-5-13)24-16(26)7-8-18(28)29/h1-6,9H,7-8,10H2,(H,24,26)(H,25,27)(H,28,29). The minimum Gasteiger partial charge on any atom is -0.481 e. The first-order chi connectivity index (χ1) is 14.0. The molecule has 0 aliphatic carbocycles. The van der Waals surface area contributed by atoms with E-state index in [4.69, 9.17) is 16.7 Å². The van der Waals surface area contributed by atoms with Crippen molar-refractivity contribution < 1.29 is 32.7 Å². The molecule has 0 aliphatic heterocycles. The SMILES string of the molecule is O=C(O)CCC(=O)Nc1ccc(SCC(=O)Nc2ccc(Cl)cc2C(F)(F)F)cc1. The van der Waals surface area contributed by atoms with Crippen LogP contribution in [-0.2, 0) is 20.6 Å². The van der Waals surface area contributed by atoms with Gasteiger partial charge >= 0.3 is 12.1 Å². The van der Waals surface area contributed by atoms with E-state index in [0.29, 0.717) is 10.6 Å². The Labute approximate surface area is 178 Å². The van der Waals surface area contributed by atoms with Crippen LogP contribution in [0.15, 0.2) is 47.4 Å². The number of carbonyl (C=O) groups is 3.